The number of anilines is 1. The third kappa shape index (κ3) is 4.36. The first-order chi connectivity index (χ1) is 11.8. The topological polar surface area (TPSA) is 76.1 Å². The van der Waals surface area contributed by atoms with Crippen molar-refractivity contribution in [3.8, 4) is 0 Å². The van der Waals surface area contributed by atoms with Gasteiger partial charge in [-0.3, -0.25) is 4.79 Å². The van der Waals surface area contributed by atoms with Crippen LogP contribution in [0.25, 0.3) is 10.9 Å². The molecule has 0 radical (unpaired) electrons. The Bertz CT molecular complexity index is 704. The van der Waals surface area contributed by atoms with Crippen LogP contribution in [-0.4, -0.2) is 47.4 Å². The number of benzene rings is 1. The van der Waals surface area contributed by atoms with Crippen LogP contribution in [0.4, 0.5) is 5.82 Å². The summed E-state index contributed by atoms with van der Waals surface area (Å²) in [4.78, 5) is 21.1. The summed E-state index contributed by atoms with van der Waals surface area (Å²) in [5.74, 6) is 1.10. The van der Waals surface area contributed by atoms with Gasteiger partial charge in [0.15, 0.2) is 5.16 Å². The first kappa shape index (κ1) is 17.0. The van der Waals surface area contributed by atoms with Gasteiger partial charge in [0.05, 0.1) is 17.4 Å². The van der Waals surface area contributed by atoms with E-state index >= 15 is 0 Å². The zero-order valence-electron chi connectivity index (χ0n) is 13.7. The lowest BCUT2D eigenvalue weighted by atomic mass is 10.2. The number of aromatic nitrogens is 2. The van der Waals surface area contributed by atoms with Crippen molar-refractivity contribution in [3.05, 3.63) is 24.3 Å². The maximum Gasteiger partial charge on any atom is 0.230 e. The number of fused-ring (bicyclic) bond motifs is 1. The third-order valence-corrected chi connectivity index (χ3v) is 4.66. The molecule has 1 aromatic heterocycles. The SMILES string of the molecule is CCNc1nc(SCC(=O)NC[C@H]2CCCO2)nc2ccccc12. The Hall–Kier alpha value is -1.86. The minimum Gasteiger partial charge on any atom is -0.376 e. The number of nitrogens with zero attached hydrogens (tertiary/aromatic N) is 2. The van der Waals surface area contributed by atoms with Crippen LogP contribution in [0.5, 0.6) is 0 Å². The van der Waals surface area contributed by atoms with Crippen LogP contribution in [0.3, 0.4) is 0 Å². The zero-order valence-corrected chi connectivity index (χ0v) is 14.6. The van der Waals surface area contributed by atoms with Crippen LogP contribution in [0.15, 0.2) is 29.4 Å². The molecule has 3 rings (SSSR count). The quantitative estimate of drug-likeness (QED) is 0.592. The second kappa shape index (κ2) is 8.30. The molecule has 1 atom stereocenters. The van der Waals surface area contributed by atoms with E-state index in [-0.39, 0.29) is 12.0 Å². The highest BCUT2D eigenvalue weighted by atomic mass is 32.2. The maximum absolute atomic E-state index is 12.0. The Morgan fingerprint density at radius 3 is 3.04 bits per heavy atom. The van der Waals surface area contributed by atoms with E-state index in [2.05, 4.69) is 20.6 Å². The lowest BCUT2D eigenvalue weighted by molar-refractivity contribution is -0.119. The van der Waals surface area contributed by atoms with Gasteiger partial charge >= 0.3 is 0 Å². The largest absolute Gasteiger partial charge is 0.376 e. The standard InChI is InChI=1S/C17H22N4O2S/c1-2-18-16-13-7-3-4-8-14(13)20-17(21-16)24-11-15(22)19-10-12-6-5-9-23-12/h3-4,7-8,12H,2,5-6,9-11H2,1H3,(H,19,22)(H,18,20,21)/t12-/m1/s1. The van der Waals surface area contributed by atoms with Gasteiger partial charge in [-0.2, -0.15) is 0 Å². The summed E-state index contributed by atoms with van der Waals surface area (Å²) in [7, 11) is 0. The van der Waals surface area contributed by atoms with Crippen molar-refractivity contribution in [2.45, 2.75) is 31.0 Å². The summed E-state index contributed by atoms with van der Waals surface area (Å²) in [6.45, 7) is 4.20. The number of ether oxygens (including phenoxy) is 1. The molecule has 0 aliphatic carbocycles. The zero-order chi connectivity index (χ0) is 16.8. The molecule has 7 heteroatoms. The second-order valence-electron chi connectivity index (χ2n) is 5.63. The monoisotopic (exact) mass is 346 g/mol. The highest BCUT2D eigenvalue weighted by Gasteiger charge is 2.16. The third-order valence-electron chi connectivity index (χ3n) is 3.81. The van der Waals surface area contributed by atoms with Crippen LogP contribution in [0.2, 0.25) is 0 Å². The van der Waals surface area contributed by atoms with E-state index in [1.165, 1.54) is 11.8 Å². The van der Waals surface area contributed by atoms with Gasteiger partial charge < -0.3 is 15.4 Å². The van der Waals surface area contributed by atoms with E-state index in [4.69, 9.17) is 4.74 Å². The van der Waals surface area contributed by atoms with Gasteiger partial charge in [0.1, 0.15) is 5.82 Å². The number of rotatable bonds is 7. The van der Waals surface area contributed by atoms with Crippen molar-refractivity contribution in [2.75, 3.05) is 30.8 Å². The van der Waals surface area contributed by atoms with Crippen LogP contribution < -0.4 is 10.6 Å². The Morgan fingerprint density at radius 2 is 2.25 bits per heavy atom. The molecule has 1 saturated heterocycles. The number of hydrogen-bond acceptors (Lipinski definition) is 6. The molecule has 6 nitrogen and oxygen atoms in total. The fourth-order valence-electron chi connectivity index (χ4n) is 2.64. The molecule has 0 bridgehead atoms. The average Bonchev–Trinajstić information content (AvgIpc) is 3.12. The van der Waals surface area contributed by atoms with Crippen molar-refractivity contribution < 1.29 is 9.53 Å². The number of para-hydroxylation sites is 1. The second-order valence-corrected chi connectivity index (χ2v) is 6.57. The lowest BCUT2D eigenvalue weighted by Gasteiger charge is -2.11. The van der Waals surface area contributed by atoms with E-state index in [0.29, 0.717) is 17.5 Å². The summed E-state index contributed by atoms with van der Waals surface area (Å²) < 4.78 is 5.50. The molecule has 24 heavy (non-hydrogen) atoms. The summed E-state index contributed by atoms with van der Waals surface area (Å²) in [6, 6.07) is 7.88. The molecule has 1 fully saturated rings. The van der Waals surface area contributed by atoms with Gasteiger partial charge in [-0.25, -0.2) is 9.97 Å². The van der Waals surface area contributed by atoms with Crippen LogP contribution in [-0.2, 0) is 9.53 Å². The van der Waals surface area contributed by atoms with Gasteiger partial charge in [0, 0.05) is 25.1 Å². The van der Waals surface area contributed by atoms with E-state index in [1.54, 1.807) is 0 Å². The van der Waals surface area contributed by atoms with Gasteiger partial charge in [0.2, 0.25) is 5.91 Å². The molecule has 2 aromatic rings. The molecule has 0 spiro atoms. The average molecular weight is 346 g/mol. The van der Waals surface area contributed by atoms with Crippen LogP contribution in [0.1, 0.15) is 19.8 Å². The Balaban J connectivity index is 1.60. The van der Waals surface area contributed by atoms with E-state index in [1.807, 2.05) is 31.2 Å². The first-order valence-electron chi connectivity index (χ1n) is 8.28. The summed E-state index contributed by atoms with van der Waals surface area (Å²) in [6.07, 6.45) is 2.26. The minimum absolute atomic E-state index is 0.0164. The molecule has 1 amide bonds. The number of thioether (sulfide) groups is 1. The highest BCUT2D eigenvalue weighted by molar-refractivity contribution is 7.99. The molecule has 2 N–H and O–H groups in total. The predicted octanol–water partition coefficient (Wildman–Crippen LogP) is 2.45. The molecule has 1 aliphatic heterocycles. The highest BCUT2D eigenvalue weighted by Crippen LogP contribution is 2.24. The Kier molecular flexibility index (Phi) is 5.87. The Labute approximate surface area is 145 Å². The number of nitrogens with one attached hydrogen (secondary N) is 2. The normalized spacial score (nSPS) is 17.1. The van der Waals surface area contributed by atoms with Crippen molar-refractivity contribution in [2.24, 2.45) is 0 Å². The fourth-order valence-corrected chi connectivity index (χ4v) is 3.32. The number of amides is 1. The fraction of sp³-hybridized carbons (Fsp3) is 0.471. The van der Waals surface area contributed by atoms with Gasteiger partial charge in [0.25, 0.3) is 0 Å². The summed E-state index contributed by atoms with van der Waals surface area (Å²) in [5.41, 5.74) is 0.880. The Morgan fingerprint density at radius 1 is 1.38 bits per heavy atom. The molecule has 128 valence electrons. The van der Waals surface area contributed by atoms with E-state index in [9.17, 15) is 4.79 Å². The van der Waals surface area contributed by atoms with Gasteiger partial charge in [-0.15, -0.1) is 0 Å². The molecule has 0 unspecified atom stereocenters. The van der Waals surface area contributed by atoms with Crippen molar-refractivity contribution >= 4 is 34.4 Å². The van der Waals surface area contributed by atoms with Crippen molar-refractivity contribution in [1.82, 2.24) is 15.3 Å². The summed E-state index contributed by atoms with van der Waals surface area (Å²) in [5, 5.41) is 7.78. The molecule has 1 aromatic carbocycles. The minimum atomic E-state index is -0.0164. The van der Waals surface area contributed by atoms with E-state index < -0.39 is 0 Å². The number of hydrogen-bond donors (Lipinski definition) is 2. The van der Waals surface area contributed by atoms with Crippen LogP contribution >= 0.6 is 11.8 Å². The van der Waals surface area contributed by atoms with Crippen molar-refractivity contribution in [1.29, 1.82) is 0 Å². The first-order valence-corrected chi connectivity index (χ1v) is 9.26. The molecule has 2 heterocycles. The lowest BCUT2D eigenvalue weighted by Crippen LogP contribution is -2.32. The number of carbonyl (C=O) groups excluding carboxylic acids is 1. The maximum atomic E-state index is 12.0. The van der Waals surface area contributed by atoms with Crippen LogP contribution in [0, 0.1) is 0 Å². The van der Waals surface area contributed by atoms with Gasteiger partial charge in [-0.05, 0) is 31.9 Å². The smallest absolute Gasteiger partial charge is 0.230 e. The van der Waals surface area contributed by atoms with Crippen molar-refractivity contribution in [3.63, 3.8) is 0 Å². The number of carbonyl (C=O) groups is 1. The predicted molar refractivity (Wildman–Crippen MR) is 96.4 cm³/mol. The van der Waals surface area contributed by atoms with Gasteiger partial charge in [-0.1, -0.05) is 23.9 Å². The molecular formula is C17H22N4O2S. The van der Waals surface area contributed by atoms with E-state index in [0.717, 1.165) is 42.7 Å². The summed E-state index contributed by atoms with van der Waals surface area (Å²) >= 11 is 1.35. The molecule has 1 aliphatic rings. The molecular weight excluding hydrogens is 324 g/mol. The molecule has 0 saturated carbocycles.